The van der Waals surface area contributed by atoms with Crippen molar-refractivity contribution in [1.29, 1.82) is 0 Å². The van der Waals surface area contributed by atoms with Gasteiger partial charge < -0.3 is 16.4 Å². The van der Waals surface area contributed by atoms with Crippen molar-refractivity contribution in [3.8, 4) is 0 Å². The Bertz CT molecular complexity index is 477. The van der Waals surface area contributed by atoms with Gasteiger partial charge in [0.1, 0.15) is 5.82 Å². The fourth-order valence-corrected chi connectivity index (χ4v) is 2.21. The molecule has 0 saturated heterocycles. The van der Waals surface area contributed by atoms with Crippen molar-refractivity contribution in [1.82, 2.24) is 5.32 Å². The molecular weight excluding hydrogens is 360 g/mol. The maximum atomic E-state index is 13.4. The second-order valence-corrected chi connectivity index (χ2v) is 5.89. The Morgan fingerprint density at radius 1 is 1.47 bits per heavy atom. The first-order valence-corrected chi connectivity index (χ1v) is 7.42. The van der Waals surface area contributed by atoms with Gasteiger partial charge in [-0.05, 0) is 47.9 Å². The van der Waals surface area contributed by atoms with Gasteiger partial charge in [-0.2, -0.15) is 0 Å². The Morgan fingerprint density at radius 2 is 2.21 bits per heavy atom. The molecule has 0 spiro atoms. The van der Waals surface area contributed by atoms with E-state index in [9.17, 15) is 9.18 Å². The van der Waals surface area contributed by atoms with E-state index in [0.717, 1.165) is 12.8 Å². The van der Waals surface area contributed by atoms with Crippen LogP contribution in [0.1, 0.15) is 25.7 Å². The maximum Gasteiger partial charge on any atom is 0.220 e. The van der Waals surface area contributed by atoms with Gasteiger partial charge in [0.25, 0.3) is 0 Å². The first-order chi connectivity index (χ1) is 9.06. The van der Waals surface area contributed by atoms with Crippen LogP contribution in [-0.4, -0.2) is 18.5 Å². The number of carbonyl (C=O) groups excluding carboxylic acids is 1. The van der Waals surface area contributed by atoms with E-state index >= 15 is 0 Å². The number of amides is 1. The predicted octanol–water partition coefficient (Wildman–Crippen LogP) is 2.48. The van der Waals surface area contributed by atoms with Crippen LogP contribution in [0.15, 0.2) is 12.1 Å². The Morgan fingerprint density at radius 3 is 2.89 bits per heavy atom. The molecule has 1 aliphatic carbocycles. The third-order valence-corrected chi connectivity index (χ3v) is 3.76. The third-order valence-electron chi connectivity index (χ3n) is 2.93. The lowest BCUT2D eigenvalue weighted by molar-refractivity contribution is -0.121. The van der Waals surface area contributed by atoms with Crippen molar-refractivity contribution < 1.29 is 9.18 Å². The minimum atomic E-state index is -0.288. The number of nitrogens with one attached hydrogen (secondary N) is 2. The highest BCUT2D eigenvalue weighted by atomic mass is 127. The summed E-state index contributed by atoms with van der Waals surface area (Å²) in [4.78, 5) is 11.4. The van der Waals surface area contributed by atoms with Crippen LogP contribution in [0, 0.1) is 9.39 Å². The summed E-state index contributed by atoms with van der Waals surface area (Å²) in [7, 11) is 0. The zero-order valence-electron chi connectivity index (χ0n) is 10.5. The lowest BCUT2D eigenvalue weighted by Gasteiger charge is -2.10. The van der Waals surface area contributed by atoms with E-state index < -0.39 is 0 Å². The monoisotopic (exact) mass is 377 g/mol. The van der Waals surface area contributed by atoms with Crippen LogP contribution in [0.25, 0.3) is 0 Å². The van der Waals surface area contributed by atoms with Crippen molar-refractivity contribution >= 4 is 39.9 Å². The first-order valence-electron chi connectivity index (χ1n) is 6.34. The molecule has 0 aromatic heterocycles. The fourth-order valence-electron chi connectivity index (χ4n) is 1.71. The van der Waals surface area contributed by atoms with Gasteiger partial charge in [-0.3, -0.25) is 4.79 Å². The molecule has 1 amide bonds. The van der Waals surface area contributed by atoms with Crippen molar-refractivity contribution in [2.24, 2.45) is 0 Å². The summed E-state index contributed by atoms with van der Waals surface area (Å²) in [6.45, 7) is 0.600. The van der Waals surface area contributed by atoms with E-state index in [1.165, 1.54) is 6.07 Å². The average Bonchev–Trinajstić information content (AvgIpc) is 3.14. The Labute approximate surface area is 125 Å². The SMILES string of the molecule is Nc1cc(I)c(F)cc1NCCCC(=O)NC1CC1. The number of halogens is 2. The molecule has 0 atom stereocenters. The first kappa shape index (κ1) is 14.4. The maximum absolute atomic E-state index is 13.4. The van der Waals surface area contributed by atoms with Crippen LogP contribution in [-0.2, 0) is 4.79 Å². The molecule has 0 heterocycles. The molecule has 6 heteroatoms. The number of nitrogens with two attached hydrogens (primary N) is 1. The predicted molar refractivity (Wildman–Crippen MR) is 82.4 cm³/mol. The molecule has 19 heavy (non-hydrogen) atoms. The second kappa shape index (κ2) is 6.40. The number of hydrogen-bond donors (Lipinski definition) is 3. The number of carbonyl (C=O) groups is 1. The zero-order chi connectivity index (χ0) is 13.8. The smallest absolute Gasteiger partial charge is 0.220 e. The number of rotatable bonds is 6. The van der Waals surface area contributed by atoms with E-state index in [-0.39, 0.29) is 11.7 Å². The quantitative estimate of drug-likeness (QED) is 0.406. The highest BCUT2D eigenvalue weighted by Crippen LogP contribution is 2.24. The van der Waals surface area contributed by atoms with E-state index in [1.54, 1.807) is 6.07 Å². The summed E-state index contributed by atoms with van der Waals surface area (Å²) >= 11 is 1.90. The standard InChI is InChI=1S/C13H17FIN3O/c14-9-6-12(11(16)7-10(9)15)17-5-1-2-13(19)18-8-3-4-8/h6-8,17H,1-5,16H2,(H,18,19). The third kappa shape index (κ3) is 4.52. The molecule has 1 aromatic carbocycles. The molecule has 1 saturated carbocycles. The molecule has 1 fully saturated rings. The molecule has 1 aliphatic rings. The zero-order valence-corrected chi connectivity index (χ0v) is 12.7. The Balaban J connectivity index is 1.72. The summed E-state index contributed by atoms with van der Waals surface area (Å²) < 4.78 is 13.9. The summed E-state index contributed by atoms with van der Waals surface area (Å²) in [6, 6.07) is 3.39. The van der Waals surface area contributed by atoms with Crippen molar-refractivity contribution in [2.45, 2.75) is 31.7 Å². The molecule has 0 aliphatic heterocycles. The van der Waals surface area contributed by atoms with Gasteiger partial charge in [-0.1, -0.05) is 0 Å². The Kier molecular flexibility index (Phi) is 4.84. The topological polar surface area (TPSA) is 67.1 Å². The molecule has 1 aromatic rings. The van der Waals surface area contributed by atoms with Crippen LogP contribution in [0.4, 0.5) is 15.8 Å². The summed E-state index contributed by atoms with van der Waals surface area (Å²) in [5, 5.41) is 5.99. The Hall–Kier alpha value is -1.05. The molecule has 104 valence electrons. The second-order valence-electron chi connectivity index (χ2n) is 4.73. The van der Waals surface area contributed by atoms with E-state index in [4.69, 9.17) is 5.73 Å². The van der Waals surface area contributed by atoms with Gasteiger partial charge in [0, 0.05) is 25.1 Å². The van der Waals surface area contributed by atoms with E-state index in [2.05, 4.69) is 10.6 Å². The van der Waals surface area contributed by atoms with Gasteiger partial charge in [0.2, 0.25) is 5.91 Å². The average molecular weight is 377 g/mol. The van der Waals surface area contributed by atoms with Gasteiger partial charge in [0.05, 0.1) is 14.9 Å². The largest absolute Gasteiger partial charge is 0.397 e. The minimum absolute atomic E-state index is 0.0889. The number of anilines is 2. The van der Waals surface area contributed by atoms with Gasteiger partial charge in [-0.15, -0.1) is 0 Å². The lowest BCUT2D eigenvalue weighted by atomic mass is 10.2. The summed E-state index contributed by atoms with van der Waals surface area (Å²) in [5.41, 5.74) is 6.90. The fraction of sp³-hybridized carbons (Fsp3) is 0.462. The highest BCUT2D eigenvalue weighted by Gasteiger charge is 2.22. The van der Waals surface area contributed by atoms with Crippen LogP contribution >= 0.6 is 22.6 Å². The lowest BCUT2D eigenvalue weighted by Crippen LogP contribution is -2.25. The molecule has 4 nitrogen and oxygen atoms in total. The molecule has 0 bridgehead atoms. The van der Waals surface area contributed by atoms with Crippen molar-refractivity contribution in [3.63, 3.8) is 0 Å². The molecule has 0 unspecified atom stereocenters. The van der Waals surface area contributed by atoms with E-state index in [1.807, 2.05) is 22.6 Å². The van der Waals surface area contributed by atoms with Gasteiger partial charge >= 0.3 is 0 Å². The van der Waals surface area contributed by atoms with Crippen LogP contribution < -0.4 is 16.4 Å². The summed E-state index contributed by atoms with van der Waals surface area (Å²) in [5.74, 6) is -0.199. The molecule has 4 N–H and O–H groups in total. The highest BCUT2D eigenvalue weighted by molar-refractivity contribution is 14.1. The normalized spacial score (nSPS) is 14.2. The van der Waals surface area contributed by atoms with Crippen LogP contribution in [0.5, 0.6) is 0 Å². The van der Waals surface area contributed by atoms with Crippen LogP contribution in [0.2, 0.25) is 0 Å². The van der Waals surface area contributed by atoms with Gasteiger partial charge in [-0.25, -0.2) is 4.39 Å². The molecular formula is C13H17FIN3O. The van der Waals surface area contributed by atoms with Gasteiger partial charge in [0.15, 0.2) is 0 Å². The molecule has 0 radical (unpaired) electrons. The van der Waals surface area contributed by atoms with E-state index in [0.29, 0.717) is 40.4 Å². The minimum Gasteiger partial charge on any atom is -0.397 e. The summed E-state index contributed by atoms with van der Waals surface area (Å²) in [6.07, 6.45) is 3.38. The van der Waals surface area contributed by atoms with Crippen molar-refractivity contribution in [2.75, 3.05) is 17.6 Å². The molecule has 2 rings (SSSR count). The number of nitrogen functional groups attached to an aromatic ring is 1. The number of benzene rings is 1. The van der Waals surface area contributed by atoms with Crippen LogP contribution in [0.3, 0.4) is 0 Å². The van der Waals surface area contributed by atoms with Crippen molar-refractivity contribution in [3.05, 3.63) is 21.5 Å². The number of hydrogen-bond acceptors (Lipinski definition) is 3.